The maximum absolute atomic E-state index is 13.1. The third kappa shape index (κ3) is 3.95. The number of hydrogen-bond donors (Lipinski definition) is 0. The molecule has 8 atom stereocenters. The van der Waals surface area contributed by atoms with Crippen molar-refractivity contribution in [3.05, 3.63) is 23.8 Å². The Labute approximate surface area is 191 Å². The minimum absolute atomic E-state index is 0.00554. The largest absolute Gasteiger partial charge is 0.466 e. The summed E-state index contributed by atoms with van der Waals surface area (Å²) in [6.07, 6.45) is -1.87. The lowest BCUT2D eigenvalue weighted by molar-refractivity contribution is -0.175. The van der Waals surface area contributed by atoms with E-state index in [9.17, 15) is 19.2 Å². The van der Waals surface area contributed by atoms with Crippen LogP contribution in [0.3, 0.4) is 0 Å². The lowest BCUT2D eigenvalue weighted by atomic mass is 9.80. The van der Waals surface area contributed by atoms with E-state index in [-0.39, 0.29) is 17.3 Å². The molecule has 4 aliphatic rings. The standard InChI is InChI=1S/C23H28O10/c1-10-14-16(31-21(27)23(5)11(2)32-23)15(29-12(3)24)13(20(26)28-6)8-7-9-22(4)18(33-22)17(14)30-19(10)25/h8,11,14-18H,1,7,9H2,2-6H3/b13-8+/t11-,14-,15-,16-,17-,18+,22-,23-/m0/s1. The van der Waals surface area contributed by atoms with Gasteiger partial charge in [0.2, 0.25) is 0 Å². The summed E-state index contributed by atoms with van der Waals surface area (Å²) in [6.45, 7) is 10.2. The molecule has 1 aliphatic carbocycles. The maximum atomic E-state index is 13.1. The van der Waals surface area contributed by atoms with E-state index in [1.807, 2.05) is 6.92 Å². The summed E-state index contributed by atoms with van der Waals surface area (Å²) >= 11 is 0. The molecule has 0 radical (unpaired) electrons. The minimum atomic E-state index is -1.36. The highest BCUT2D eigenvalue weighted by atomic mass is 16.7. The van der Waals surface area contributed by atoms with Crippen molar-refractivity contribution < 1.29 is 47.6 Å². The highest BCUT2D eigenvalue weighted by Crippen LogP contribution is 2.51. The van der Waals surface area contributed by atoms with Crippen LogP contribution in [-0.2, 0) is 47.6 Å². The van der Waals surface area contributed by atoms with Crippen LogP contribution in [-0.4, -0.2) is 72.7 Å². The minimum Gasteiger partial charge on any atom is -0.466 e. The monoisotopic (exact) mass is 464 g/mol. The van der Waals surface area contributed by atoms with Crippen LogP contribution in [0.15, 0.2) is 23.8 Å². The van der Waals surface area contributed by atoms with Crippen molar-refractivity contribution in [3.8, 4) is 0 Å². The second kappa shape index (κ2) is 7.95. The summed E-state index contributed by atoms with van der Waals surface area (Å²) in [5.41, 5.74) is -1.77. The van der Waals surface area contributed by atoms with Gasteiger partial charge in [-0.05, 0) is 33.6 Å². The van der Waals surface area contributed by atoms with Crippen LogP contribution in [0.1, 0.15) is 40.5 Å². The van der Waals surface area contributed by atoms with Crippen molar-refractivity contribution in [2.24, 2.45) is 5.92 Å². The van der Waals surface area contributed by atoms with Crippen molar-refractivity contribution >= 4 is 23.9 Å². The number of fused-ring (bicyclic) bond motifs is 3. The van der Waals surface area contributed by atoms with E-state index in [0.29, 0.717) is 12.8 Å². The van der Waals surface area contributed by atoms with Gasteiger partial charge in [-0.1, -0.05) is 12.7 Å². The number of ether oxygens (including phenoxy) is 6. The highest BCUT2D eigenvalue weighted by Gasteiger charge is 2.66. The summed E-state index contributed by atoms with van der Waals surface area (Å²) in [5, 5.41) is 0. The molecule has 0 amide bonds. The topological polar surface area (TPSA) is 130 Å². The van der Waals surface area contributed by atoms with Crippen molar-refractivity contribution in [1.29, 1.82) is 0 Å². The second-order valence-corrected chi connectivity index (χ2v) is 9.23. The van der Waals surface area contributed by atoms with Gasteiger partial charge in [0.05, 0.1) is 30.3 Å². The molecule has 0 aromatic heterocycles. The number of carbonyl (C=O) groups excluding carboxylic acids is 4. The SMILES string of the molecule is C=C1C(=O)O[C@H]2[C@@H]1[C@H](OC(=O)[C@@]1(C)O[C@H]1C)[C@@H](OC(C)=O)/C(C(=O)OC)=C\CC[C@]1(C)O[C@H]21. The molecule has 3 fully saturated rings. The van der Waals surface area contributed by atoms with Gasteiger partial charge in [-0.15, -0.1) is 0 Å². The quantitative estimate of drug-likeness (QED) is 0.258. The predicted molar refractivity (Wildman–Crippen MR) is 110 cm³/mol. The Morgan fingerprint density at radius 3 is 2.42 bits per heavy atom. The molecule has 3 aliphatic heterocycles. The molecule has 0 N–H and O–H groups in total. The predicted octanol–water partition coefficient (Wildman–Crippen LogP) is 1.16. The Morgan fingerprint density at radius 1 is 1.18 bits per heavy atom. The second-order valence-electron chi connectivity index (χ2n) is 9.23. The van der Waals surface area contributed by atoms with E-state index in [2.05, 4.69) is 6.58 Å². The molecule has 0 aromatic carbocycles. The first-order valence-electron chi connectivity index (χ1n) is 10.8. The van der Waals surface area contributed by atoms with Gasteiger partial charge in [-0.2, -0.15) is 0 Å². The Bertz CT molecular complexity index is 953. The lowest BCUT2D eigenvalue weighted by Crippen LogP contribution is -2.49. The number of hydrogen-bond acceptors (Lipinski definition) is 10. The summed E-state index contributed by atoms with van der Waals surface area (Å²) in [6, 6.07) is 0. The fourth-order valence-electron chi connectivity index (χ4n) is 4.66. The third-order valence-corrected chi connectivity index (χ3v) is 6.97. The van der Waals surface area contributed by atoms with Gasteiger partial charge >= 0.3 is 23.9 Å². The molecule has 33 heavy (non-hydrogen) atoms. The van der Waals surface area contributed by atoms with E-state index < -0.39 is 65.4 Å². The van der Waals surface area contributed by atoms with Crippen LogP contribution < -0.4 is 0 Å². The molecular weight excluding hydrogens is 436 g/mol. The molecule has 180 valence electrons. The number of carbonyl (C=O) groups is 4. The third-order valence-electron chi connectivity index (χ3n) is 6.97. The van der Waals surface area contributed by atoms with Gasteiger partial charge < -0.3 is 28.4 Å². The van der Waals surface area contributed by atoms with Gasteiger partial charge in [-0.3, -0.25) is 4.79 Å². The van der Waals surface area contributed by atoms with E-state index in [1.165, 1.54) is 14.0 Å². The van der Waals surface area contributed by atoms with E-state index in [0.717, 1.165) is 0 Å². The zero-order valence-electron chi connectivity index (χ0n) is 19.2. The highest BCUT2D eigenvalue weighted by molar-refractivity contribution is 5.93. The number of methoxy groups -OCH3 is 1. The summed E-state index contributed by atoms with van der Waals surface area (Å²) in [7, 11) is 1.19. The van der Waals surface area contributed by atoms with Gasteiger partial charge in [0, 0.05) is 12.5 Å². The van der Waals surface area contributed by atoms with Crippen LogP contribution >= 0.6 is 0 Å². The first kappa shape index (κ1) is 23.4. The van der Waals surface area contributed by atoms with Crippen molar-refractivity contribution in [2.75, 3.05) is 7.11 Å². The normalized spacial score (nSPS) is 43.1. The molecule has 10 nitrogen and oxygen atoms in total. The first-order valence-corrected chi connectivity index (χ1v) is 10.8. The average molecular weight is 464 g/mol. The molecule has 3 saturated heterocycles. The molecule has 0 saturated carbocycles. The van der Waals surface area contributed by atoms with Crippen molar-refractivity contribution in [3.63, 3.8) is 0 Å². The average Bonchev–Trinajstić information content (AvgIpc) is 3.57. The van der Waals surface area contributed by atoms with E-state index >= 15 is 0 Å². The molecule has 10 heteroatoms. The summed E-state index contributed by atoms with van der Waals surface area (Å²) in [5.74, 6) is -3.79. The zero-order valence-corrected chi connectivity index (χ0v) is 19.2. The number of esters is 4. The van der Waals surface area contributed by atoms with Gasteiger partial charge in [0.15, 0.2) is 17.8 Å². The smallest absolute Gasteiger partial charge is 0.341 e. The Hall–Kier alpha value is -2.72. The Morgan fingerprint density at radius 2 is 1.85 bits per heavy atom. The summed E-state index contributed by atoms with van der Waals surface area (Å²) in [4.78, 5) is 50.4. The van der Waals surface area contributed by atoms with Crippen LogP contribution in [0.2, 0.25) is 0 Å². The number of epoxide rings is 2. The van der Waals surface area contributed by atoms with Crippen LogP contribution in [0.5, 0.6) is 0 Å². The molecule has 0 aromatic rings. The van der Waals surface area contributed by atoms with E-state index in [1.54, 1.807) is 19.9 Å². The Balaban J connectivity index is 1.82. The maximum Gasteiger partial charge on any atom is 0.341 e. The molecule has 0 unspecified atom stereocenters. The van der Waals surface area contributed by atoms with Gasteiger partial charge in [-0.25, -0.2) is 14.4 Å². The van der Waals surface area contributed by atoms with Crippen molar-refractivity contribution in [1.82, 2.24) is 0 Å². The fraction of sp³-hybridized carbons (Fsp3) is 0.652. The molecule has 3 heterocycles. The molecular formula is C23H28O10. The molecule has 0 bridgehead atoms. The summed E-state index contributed by atoms with van der Waals surface area (Å²) < 4.78 is 33.2. The Kier molecular flexibility index (Phi) is 5.65. The van der Waals surface area contributed by atoms with Gasteiger partial charge in [0.25, 0.3) is 0 Å². The van der Waals surface area contributed by atoms with E-state index in [4.69, 9.17) is 28.4 Å². The molecule has 0 spiro atoms. The fourth-order valence-corrected chi connectivity index (χ4v) is 4.66. The molecule has 4 rings (SSSR count). The lowest BCUT2D eigenvalue weighted by Gasteiger charge is -2.34. The number of allylic oxidation sites excluding steroid dienone is 1. The van der Waals surface area contributed by atoms with Crippen LogP contribution in [0.4, 0.5) is 0 Å². The van der Waals surface area contributed by atoms with Gasteiger partial charge in [0.1, 0.15) is 12.2 Å². The number of rotatable bonds is 4. The first-order chi connectivity index (χ1) is 15.4. The van der Waals surface area contributed by atoms with Crippen molar-refractivity contribution in [2.45, 2.75) is 82.3 Å². The van der Waals surface area contributed by atoms with Crippen LogP contribution in [0.25, 0.3) is 0 Å². The van der Waals surface area contributed by atoms with Crippen LogP contribution in [0, 0.1) is 5.92 Å². The zero-order chi connectivity index (χ0) is 24.3.